The van der Waals surface area contributed by atoms with E-state index < -0.39 is 0 Å². The summed E-state index contributed by atoms with van der Waals surface area (Å²) in [5, 5.41) is 0. The minimum absolute atomic E-state index is 0.0319. The van der Waals surface area contributed by atoms with Gasteiger partial charge in [-0.05, 0) is 9.39 Å². The second-order valence-corrected chi connectivity index (χ2v) is 3.59. The fraction of sp³-hybridized carbons (Fsp3) is 0.667. The van der Waals surface area contributed by atoms with E-state index in [1.807, 2.05) is 22.9 Å². The van der Waals surface area contributed by atoms with Crippen LogP contribution in [0.1, 0.15) is 0 Å². The van der Waals surface area contributed by atoms with Crippen LogP contribution in [0.5, 0.6) is 0 Å². The highest BCUT2D eigenvalue weighted by atomic mass is 127. The highest BCUT2D eigenvalue weighted by Gasteiger charge is 2.04. The Kier molecular flexibility index (Phi) is 3.64. The predicted molar refractivity (Wildman–Crippen MR) is 44.7 cm³/mol. The van der Waals surface area contributed by atoms with Gasteiger partial charge >= 0.3 is 6.03 Å². The van der Waals surface area contributed by atoms with E-state index in [1.165, 1.54) is 7.78 Å². The van der Waals surface area contributed by atoms with Gasteiger partial charge in [-0.1, -0.05) is 0 Å². The fourth-order valence-electron chi connectivity index (χ4n) is 0.217. The van der Waals surface area contributed by atoms with Crippen LogP contribution in [-0.2, 0) is 0 Å². The molecule has 0 rings (SSSR count). The number of rotatable bonds is 0. The van der Waals surface area contributed by atoms with Crippen LogP contribution in [0.15, 0.2) is 0 Å². The van der Waals surface area contributed by atoms with Crippen molar-refractivity contribution in [2.24, 2.45) is 0 Å². The molecule has 1 unspecified atom stereocenters. The lowest BCUT2D eigenvalue weighted by Gasteiger charge is -2.13. The first-order valence-electron chi connectivity index (χ1n) is 1.97. The molecule has 0 aliphatic carbocycles. The second kappa shape index (κ2) is 3.45. The van der Waals surface area contributed by atoms with Crippen molar-refractivity contribution in [2.45, 2.75) is 0 Å². The summed E-state index contributed by atoms with van der Waals surface area (Å²) in [5.41, 5.74) is 0. The van der Waals surface area contributed by atoms with Crippen molar-refractivity contribution >= 4 is 38.3 Å². The predicted octanol–water partition coefficient (Wildman–Crippen LogP) is 1.11. The molecule has 48 valence electrons. The molecule has 2 amide bonds. The molecule has 0 N–H and O–H groups in total. The van der Waals surface area contributed by atoms with Gasteiger partial charge in [0.25, 0.3) is 0 Å². The zero-order valence-corrected chi connectivity index (χ0v) is 8.07. The number of hydrogen-bond acceptors (Lipinski definition) is 1. The molecule has 0 spiro atoms. The van der Waals surface area contributed by atoms with Crippen molar-refractivity contribution in [1.29, 1.82) is 0 Å². The molecule has 0 aromatic rings. The molecule has 1 atom stereocenters. The number of carbonyl (C=O) groups excluding carboxylic acids is 1. The average molecular weight is 246 g/mol. The summed E-state index contributed by atoms with van der Waals surface area (Å²) >= 11 is 1.91. The Morgan fingerprint density at radius 2 is 2.00 bits per heavy atom. The Hall–Kier alpha value is 0.430. The van der Waals surface area contributed by atoms with Gasteiger partial charge in [0.2, 0.25) is 0 Å². The van der Waals surface area contributed by atoms with Gasteiger partial charge in [0.05, 0.1) is 22.9 Å². The van der Waals surface area contributed by atoms with E-state index in [0.717, 1.165) is 0 Å². The van der Waals surface area contributed by atoms with Gasteiger partial charge in [0.15, 0.2) is 0 Å². The number of nitrogens with zero attached hydrogens (tertiary/aromatic N) is 2. The van der Waals surface area contributed by atoms with Crippen LogP contribution in [0.4, 0.5) is 4.79 Å². The SMILES string of the molecule is CN(P)C(=O)N(C)I. The molecule has 0 aromatic carbocycles. The number of carbonyl (C=O) groups is 1. The molecule has 0 aromatic heterocycles. The first kappa shape index (κ1) is 8.43. The number of urea groups is 1. The van der Waals surface area contributed by atoms with E-state index in [1.54, 1.807) is 14.1 Å². The quantitative estimate of drug-likeness (QED) is 0.357. The van der Waals surface area contributed by atoms with Crippen LogP contribution < -0.4 is 0 Å². The first-order chi connectivity index (χ1) is 3.55. The number of amides is 2. The summed E-state index contributed by atoms with van der Waals surface area (Å²) in [7, 11) is 5.66. The van der Waals surface area contributed by atoms with Gasteiger partial charge in [-0.2, -0.15) is 0 Å². The molecule has 0 fully saturated rings. The average Bonchev–Trinajstić information content (AvgIpc) is 1.64. The van der Waals surface area contributed by atoms with Crippen molar-refractivity contribution in [3.05, 3.63) is 0 Å². The van der Waals surface area contributed by atoms with E-state index in [0.29, 0.717) is 0 Å². The molecule has 5 heteroatoms. The van der Waals surface area contributed by atoms with Gasteiger partial charge in [-0.3, -0.25) is 3.11 Å². The van der Waals surface area contributed by atoms with E-state index >= 15 is 0 Å². The smallest absolute Gasteiger partial charge is 0.312 e. The van der Waals surface area contributed by atoms with Crippen LogP contribution >= 0.6 is 32.3 Å². The maximum atomic E-state index is 10.7. The van der Waals surface area contributed by atoms with Crippen molar-refractivity contribution in [3.63, 3.8) is 0 Å². The maximum Gasteiger partial charge on any atom is 0.331 e. The van der Waals surface area contributed by atoms with Crippen LogP contribution in [0.2, 0.25) is 0 Å². The summed E-state index contributed by atoms with van der Waals surface area (Å²) < 4.78 is 2.91. The minimum atomic E-state index is -0.0319. The third-order valence-corrected chi connectivity index (χ3v) is 1.20. The fourth-order valence-corrected chi connectivity index (χ4v) is 0.966. The Bertz CT molecular complexity index is 85.3. The maximum absolute atomic E-state index is 10.7. The molecule has 0 saturated heterocycles. The minimum Gasteiger partial charge on any atom is -0.312 e. The third kappa shape index (κ3) is 2.67. The Labute approximate surface area is 65.2 Å². The van der Waals surface area contributed by atoms with E-state index in [2.05, 4.69) is 9.39 Å². The van der Waals surface area contributed by atoms with Crippen molar-refractivity contribution < 1.29 is 4.79 Å². The lowest BCUT2D eigenvalue weighted by atomic mass is 11.0. The molecule has 0 saturated carbocycles. The molecule has 0 aliphatic rings. The lowest BCUT2D eigenvalue weighted by Crippen LogP contribution is -2.25. The van der Waals surface area contributed by atoms with Crippen LogP contribution in [0.25, 0.3) is 0 Å². The van der Waals surface area contributed by atoms with Gasteiger partial charge in [0.1, 0.15) is 0 Å². The van der Waals surface area contributed by atoms with Crippen LogP contribution in [-0.4, -0.2) is 27.9 Å². The summed E-state index contributed by atoms with van der Waals surface area (Å²) in [5.74, 6) is 0. The van der Waals surface area contributed by atoms with Crippen LogP contribution in [0.3, 0.4) is 0 Å². The second-order valence-electron chi connectivity index (χ2n) is 1.37. The first-order valence-corrected chi connectivity index (χ1v) is 3.45. The van der Waals surface area contributed by atoms with Crippen molar-refractivity contribution in [2.75, 3.05) is 14.1 Å². The Balaban J connectivity index is 3.65. The molecular formula is C3H8IN2OP. The lowest BCUT2D eigenvalue weighted by molar-refractivity contribution is 0.222. The molecule has 3 nitrogen and oxygen atoms in total. The standard InChI is InChI=1S/C3H8IN2OP/c1-5(4)3(7)6(2)8/h8H2,1-2H3. The van der Waals surface area contributed by atoms with E-state index in [-0.39, 0.29) is 6.03 Å². The highest BCUT2D eigenvalue weighted by Crippen LogP contribution is 2.02. The summed E-state index contributed by atoms with van der Waals surface area (Å²) in [6.07, 6.45) is 0. The topological polar surface area (TPSA) is 23.6 Å². The summed E-state index contributed by atoms with van der Waals surface area (Å²) in [6, 6.07) is -0.0319. The van der Waals surface area contributed by atoms with E-state index in [9.17, 15) is 4.79 Å². The molecule has 8 heavy (non-hydrogen) atoms. The van der Waals surface area contributed by atoms with Crippen molar-refractivity contribution in [1.82, 2.24) is 7.78 Å². The van der Waals surface area contributed by atoms with E-state index in [4.69, 9.17) is 0 Å². The zero-order valence-electron chi connectivity index (χ0n) is 4.76. The monoisotopic (exact) mass is 246 g/mol. The molecule has 0 bridgehead atoms. The van der Waals surface area contributed by atoms with Gasteiger partial charge in [-0.25, -0.2) is 4.79 Å². The summed E-state index contributed by atoms with van der Waals surface area (Å²) in [6.45, 7) is 0. The van der Waals surface area contributed by atoms with Gasteiger partial charge in [0, 0.05) is 14.1 Å². The Morgan fingerprint density at radius 3 is 2.00 bits per heavy atom. The molecule has 0 heterocycles. The largest absolute Gasteiger partial charge is 0.331 e. The van der Waals surface area contributed by atoms with Gasteiger partial charge < -0.3 is 4.67 Å². The van der Waals surface area contributed by atoms with Gasteiger partial charge in [-0.15, -0.1) is 0 Å². The molecule has 0 aliphatic heterocycles. The number of halogens is 1. The van der Waals surface area contributed by atoms with Crippen LogP contribution in [0, 0.1) is 0 Å². The summed E-state index contributed by atoms with van der Waals surface area (Å²) in [4.78, 5) is 10.7. The zero-order chi connectivity index (χ0) is 6.73. The Morgan fingerprint density at radius 1 is 1.62 bits per heavy atom. The normalized spacial score (nSPS) is 8.50. The highest BCUT2D eigenvalue weighted by molar-refractivity contribution is 14.1. The third-order valence-electron chi connectivity index (χ3n) is 0.565. The molecule has 0 radical (unpaired) electrons. The van der Waals surface area contributed by atoms with Crippen molar-refractivity contribution in [3.8, 4) is 0 Å². The number of hydrogen-bond donors (Lipinski definition) is 0. The molecular weight excluding hydrogens is 238 g/mol.